The van der Waals surface area contributed by atoms with E-state index in [-0.39, 0.29) is 0 Å². The Bertz CT molecular complexity index is 286. The number of aromatic amines is 1. The Kier molecular flexibility index (Phi) is 3.10. The lowest BCUT2D eigenvalue weighted by atomic mass is 9.73. The van der Waals surface area contributed by atoms with Gasteiger partial charge in [-0.05, 0) is 31.6 Å². The van der Waals surface area contributed by atoms with Gasteiger partial charge < -0.3 is 10.3 Å². The summed E-state index contributed by atoms with van der Waals surface area (Å²) >= 11 is 0. The molecule has 0 aromatic carbocycles. The van der Waals surface area contributed by atoms with E-state index in [1.807, 2.05) is 12.4 Å². The van der Waals surface area contributed by atoms with Crippen molar-refractivity contribution in [3.8, 4) is 0 Å². The van der Waals surface area contributed by atoms with E-state index >= 15 is 0 Å². The quantitative estimate of drug-likeness (QED) is 0.796. The first kappa shape index (κ1) is 10.7. The molecule has 1 unspecified atom stereocenters. The Labute approximate surface area is 91.7 Å². The Morgan fingerprint density at radius 2 is 2.13 bits per heavy atom. The van der Waals surface area contributed by atoms with Crippen LogP contribution in [0.5, 0.6) is 0 Å². The first-order valence-corrected chi connectivity index (χ1v) is 5.92. The summed E-state index contributed by atoms with van der Waals surface area (Å²) in [5.74, 6) is 2.80. The van der Waals surface area contributed by atoms with Crippen LogP contribution >= 0.6 is 0 Å². The number of imidazole rings is 1. The molecule has 2 N–H and O–H groups in total. The molecule has 1 aliphatic carbocycles. The van der Waals surface area contributed by atoms with Crippen LogP contribution in [-0.4, -0.2) is 16.0 Å². The van der Waals surface area contributed by atoms with Gasteiger partial charge in [-0.1, -0.05) is 13.8 Å². The van der Waals surface area contributed by atoms with Gasteiger partial charge in [0.05, 0.1) is 6.04 Å². The minimum absolute atomic E-state index is 0.345. The van der Waals surface area contributed by atoms with Crippen LogP contribution in [-0.2, 0) is 0 Å². The first-order valence-electron chi connectivity index (χ1n) is 5.92. The number of H-pyrrole nitrogens is 1. The van der Waals surface area contributed by atoms with Crippen LogP contribution in [0.1, 0.15) is 45.5 Å². The fourth-order valence-corrected chi connectivity index (χ4v) is 2.29. The Morgan fingerprint density at radius 3 is 2.67 bits per heavy atom. The molecular weight excluding hydrogens is 186 g/mol. The smallest absolute Gasteiger partial charge is 0.122 e. The van der Waals surface area contributed by atoms with Crippen molar-refractivity contribution in [1.29, 1.82) is 0 Å². The zero-order chi connectivity index (χ0) is 10.8. The summed E-state index contributed by atoms with van der Waals surface area (Å²) < 4.78 is 0. The van der Waals surface area contributed by atoms with E-state index in [0.717, 1.165) is 17.7 Å². The van der Waals surface area contributed by atoms with E-state index in [4.69, 9.17) is 0 Å². The summed E-state index contributed by atoms with van der Waals surface area (Å²) in [7, 11) is 0. The summed E-state index contributed by atoms with van der Waals surface area (Å²) in [6, 6.07) is 1.04. The van der Waals surface area contributed by atoms with Gasteiger partial charge in [-0.15, -0.1) is 0 Å². The number of aromatic nitrogens is 2. The van der Waals surface area contributed by atoms with Gasteiger partial charge >= 0.3 is 0 Å². The lowest BCUT2D eigenvalue weighted by Crippen LogP contribution is -2.44. The molecule has 0 amide bonds. The highest BCUT2D eigenvalue weighted by atomic mass is 15.0. The molecule has 1 aliphatic rings. The molecule has 1 heterocycles. The molecular formula is C12H21N3. The van der Waals surface area contributed by atoms with Crippen molar-refractivity contribution in [2.24, 2.45) is 11.8 Å². The maximum Gasteiger partial charge on any atom is 0.122 e. The van der Waals surface area contributed by atoms with Crippen LogP contribution in [0.4, 0.5) is 0 Å². The standard InChI is InChI=1S/C12H21N3/c1-8(2)10-6-11(7-10)15-9(3)12-13-4-5-14-12/h4-5,8-11,15H,6-7H2,1-3H3,(H,13,14). The third-order valence-electron chi connectivity index (χ3n) is 3.53. The van der Waals surface area contributed by atoms with Crippen molar-refractivity contribution in [2.45, 2.75) is 45.7 Å². The molecule has 1 aromatic rings. The van der Waals surface area contributed by atoms with Gasteiger partial charge in [0.2, 0.25) is 0 Å². The molecule has 3 nitrogen and oxygen atoms in total. The molecule has 15 heavy (non-hydrogen) atoms. The highest BCUT2D eigenvalue weighted by molar-refractivity contribution is 4.97. The highest BCUT2D eigenvalue weighted by Gasteiger charge is 2.31. The molecule has 1 aromatic heterocycles. The molecule has 2 rings (SSSR count). The largest absolute Gasteiger partial charge is 0.347 e. The number of hydrogen-bond acceptors (Lipinski definition) is 2. The lowest BCUT2D eigenvalue weighted by Gasteiger charge is -2.39. The molecule has 0 bridgehead atoms. The van der Waals surface area contributed by atoms with Crippen molar-refractivity contribution in [1.82, 2.24) is 15.3 Å². The van der Waals surface area contributed by atoms with Crippen molar-refractivity contribution in [3.63, 3.8) is 0 Å². The monoisotopic (exact) mass is 207 g/mol. The van der Waals surface area contributed by atoms with Crippen LogP contribution < -0.4 is 5.32 Å². The maximum atomic E-state index is 4.26. The average Bonchev–Trinajstić information content (AvgIpc) is 2.61. The normalized spacial score (nSPS) is 27.7. The van der Waals surface area contributed by atoms with Gasteiger partial charge in [0.25, 0.3) is 0 Å². The summed E-state index contributed by atoms with van der Waals surface area (Å²) in [5.41, 5.74) is 0. The summed E-state index contributed by atoms with van der Waals surface area (Å²) in [6.07, 6.45) is 6.34. The number of rotatable bonds is 4. The molecule has 0 radical (unpaired) electrons. The van der Waals surface area contributed by atoms with Gasteiger partial charge in [0.1, 0.15) is 5.82 Å². The average molecular weight is 207 g/mol. The summed E-state index contributed by atoms with van der Waals surface area (Å²) in [6.45, 7) is 6.80. The Morgan fingerprint density at radius 1 is 1.40 bits per heavy atom. The second-order valence-corrected chi connectivity index (χ2v) is 5.04. The molecule has 1 atom stereocenters. The topological polar surface area (TPSA) is 40.7 Å². The zero-order valence-corrected chi connectivity index (χ0v) is 9.83. The van der Waals surface area contributed by atoms with Crippen molar-refractivity contribution in [3.05, 3.63) is 18.2 Å². The predicted molar refractivity (Wildman–Crippen MR) is 61.5 cm³/mol. The lowest BCUT2D eigenvalue weighted by molar-refractivity contribution is 0.158. The van der Waals surface area contributed by atoms with E-state index in [9.17, 15) is 0 Å². The van der Waals surface area contributed by atoms with Gasteiger partial charge in [-0.2, -0.15) is 0 Å². The fourth-order valence-electron chi connectivity index (χ4n) is 2.29. The molecule has 0 aliphatic heterocycles. The fraction of sp³-hybridized carbons (Fsp3) is 0.750. The van der Waals surface area contributed by atoms with Crippen molar-refractivity contribution in [2.75, 3.05) is 0 Å². The Hall–Kier alpha value is -0.830. The molecule has 1 saturated carbocycles. The van der Waals surface area contributed by atoms with Gasteiger partial charge in [0, 0.05) is 18.4 Å². The van der Waals surface area contributed by atoms with Crippen LogP contribution in [0.3, 0.4) is 0 Å². The van der Waals surface area contributed by atoms with E-state index in [2.05, 4.69) is 36.1 Å². The van der Waals surface area contributed by atoms with Gasteiger partial charge in [0.15, 0.2) is 0 Å². The van der Waals surface area contributed by atoms with Gasteiger partial charge in [-0.25, -0.2) is 4.98 Å². The molecule has 1 fully saturated rings. The molecule has 84 valence electrons. The minimum atomic E-state index is 0.345. The van der Waals surface area contributed by atoms with E-state index in [1.165, 1.54) is 12.8 Å². The molecule has 3 heteroatoms. The third-order valence-corrected chi connectivity index (χ3v) is 3.53. The number of hydrogen-bond donors (Lipinski definition) is 2. The summed E-state index contributed by atoms with van der Waals surface area (Å²) in [4.78, 5) is 7.41. The van der Waals surface area contributed by atoms with E-state index in [0.29, 0.717) is 12.1 Å². The Balaban J connectivity index is 1.76. The van der Waals surface area contributed by atoms with Crippen LogP contribution in [0, 0.1) is 11.8 Å². The predicted octanol–water partition coefficient (Wildman–Crippen LogP) is 2.49. The second-order valence-electron chi connectivity index (χ2n) is 5.04. The minimum Gasteiger partial charge on any atom is -0.347 e. The third kappa shape index (κ3) is 2.40. The zero-order valence-electron chi connectivity index (χ0n) is 9.83. The van der Waals surface area contributed by atoms with E-state index < -0.39 is 0 Å². The van der Waals surface area contributed by atoms with Crippen molar-refractivity contribution < 1.29 is 0 Å². The molecule has 0 saturated heterocycles. The maximum absolute atomic E-state index is 4.26. The van der Waals surface area contributed by atoms with Crippen LogP contribution in [0.15, 0.2) is 12.4 Å². The second kappa shape index (κ2) is 4.35. The van der Waals surface area contributed by atoms with E-state index in [1.54, 1.807) is 0 Å². The van der Waals surface area contributed by atoms with Crippen LogP contribution in [0.2, 0.25) is 0 Å². The highest BCUT2D eigenvalue weighted by Crippen LogP contribution is 2.34. The van der Waals surface area contributed by atoms with Crippen molar-refractivity contribution >= 4 is 0 Å². The molecule has 0 spiro atoms. The van der Waals surface area contributed by atoms with Crippen LogP contribution in [0.25, 0.3) is 0 Å². The number of nitrogens with zero attached hydrogens (tertiary/aromatic N) is 1. The SMILES string of the molecule is CC(NC1CC(C(C)C)C1)c1ncc[nH]1. The summed E-state index contributed by atoms with van der Waals surface area (Å²) in [5, 5.41) is 3.61. The number of nitrogens with one attached hydrogen (secondary N) is 2. The van der Waals surface area contributed by atoms with Gasteiger partial charge in [-0.3, -0.25) is 0 Å². The first-order chi connectivity index (χ1) is 7.16.